The molecule has 6 heteroatoms. The molecule has 0 saturated heterocycles. The lowest BCUT2D eigenvalue weighted by atomic mass is 10.1. The number of nitrogens with zero attached hydrogens (tertiary/aromatic N) is 1. The van der Waals surface area contributed by atoms with Gasteiger partial charge in [-0.05, 0) is 46.7 Å². The fourth-order valence-electron chi connectivity index (χ4n) is 2.35. The van der Waals surface area contributed by atoms with E-state index in [1.165, 1.54) is 6.07 Å². The van der Waals surface area contributed by atoms with E-state index >= 15 is 0 Å². The summed E-state index contributed by atoms with van der Waals surface area (Å²) in [7, 11) is 1.64. The van der Waals surface area contributed by atoms with Crippen LogP contribution in [0.4, 0.5) is 0 Å². The molecule has 0 saturated carbocycles. The lowest BCUT2D eigenvalue weighted by Crippen LogP contribution is -2.24. The monoisotopic (exact) mass is 360 g/mol. The van der Waals surface area contributed by atoms with Gasteiger partial charge >= 0.3 is 0 Å². The largest absolute Gasteiger partial charge is 0.497 e. The fourth-order valence-corrected chi connectivity index (χ4v) is 2.69. The molecule has 0 spiro atoms. The highest BCUT2D eigenvalue weighted by atomic mass is 35.5. The van der Waals surface area contributed by atoms with Gasteiger partial charge in [0.15, 0.2) is 0 Å². The smallest absolute Gasteiger partial charge is 0.271 e. The van der Waals surface area contributed by atoms with Crippen molar-refractivity contribution in [2.75, 3.05) is 7.11 Å². The van der Waals surface area contributed by atoms with Crippen LogP contribution in [0.25, 0.3) is 10.8 Å². The SMILES string of the molecule is COc1ccc2cc(CNC(=O)c3nc(Cl)ccc3Cl)ccc2c1. The highest BCUT2D eigenvalue weighted by molar-refractivity contribution is 6.34. The van der Waals surface area contributed by atoms with E-state index in [1.807, 2.05) is 36.4 Å². The highest BCUT2D eigenvalue weighted by Crippen LogP contribution is 2.22. The summed E-state index contributed by atoms with van der Waals surface area (Å²) in [5.74, 6) is 0.447. The van der Waals surface area contributed by atoms with Gasteiger partial charge in [-0.2, -0.15) is 0 Å². The minimum Gasteiger partial charge on any atom is -0.497 e. The molecule has 0 atom stereocenters. The van der Waals surface area contributed by atoms with Gasteiger partial charge in [-0.25, -0.2) is 4.98 Å². The van der Waals surface area contributed by atoms with E-state index in [1.54, 1.807) is 13.2 Å². The molecule has 0 aliphatic carbocycles. The summed E-state index contributed by atoms with van der Waals surface area (Å²) < 4.78 is 5.21. The van der Waals surface area contributed by atoms with E-state index < -0.39 is 0 Å². The van der Waals surface area contributed by atoms with Crippen molar-refractivity contribution in [3.05, 3.63) is 70.0 Å². The highest BCUT2D eigenvalue weighted by Gasteiger charge is 2.12. The molecule has 0 radical (unpaired) electrons. The molecule has 1 heterocycles. The van der Waals surface area contributed by atoms with Gasteiger partial charge in [-0.1, -0.05) is 41.4 Å². The summed E-state index contributed by atoms with van der Waals surface area (Å²) in [6, 6.07) is 14.9. The lowest BCUT2D eigenvalue weighted by Gasteiger charge is -2.08. The Bertz CT molecular complexity index is 913. The summed E-state index contributed by atoms with van der Waals surface area (Å²) in [6.45, 7) is 0.366. The molecule has 0 bridgehead atoms. The van der Waals surface area contributed by atoms with Gasteiger partial charge < -0.3 is 10.1 Å². The predicted molar refractivity (Wildman–Crippen MR) is 95.9 cm³/mol. The third kappa shape index (κ3) is 3.61. The Hall–Kier alpha value is -2.30. The van der Waals surface area contributed by atoms with Crippen molar-refractivity contribution in [3.8, 4) is 5.75 Å². The molecule has 1 aromatic heterocycles. The van der Waals surface area contributed by atoms with E-state index in [-0.39, 0.29) is 21.8 Å². The summed E-state index contributed by atoms with van der Waals surface area (Å²) in [4.78, 5) is 16.2. The Morgan fingerprint density at radius 1 is 1.08 bits per heavy atom. The maximum Gasteiger partial charge on any atom is 0.271 e. The first kappa shape index (κ1) is 16.6. The van der Waals surface area contributed by atoms with Crippen LogP contribution in [0.2, 0.25) is 10.2 Å². The second kappa shape index (κ2) is 7.07. The van der Waals surface area contributed by atoms with Gasteiger partial charge in [0.2, 0.25) is 0 Å². The predicted octanol–water partition coefficient (Wildman–Crippen LogP) is 4.48. The molecule has 4 nitrogen and oxygen atoms in total. The topological polar surface area (TPSA) is 51.2 Å². The Morgan fingerprint density at radius 2 is 1.83 bits per heavy atom. The first-order valence-corrected chi connectivity index (χ1v) is 7.99. The van der Waals surface area contributed by atoms with Crippen LogP contribution in [-0.2, 0) is 6.54 Å². The second-order valence-electron chi connectivity index (χ2n) is 5.19. The van der Waals surface area contributed by atoms with Crippen molar-refractivity contribution in [2.45, 2.75) is 6.54 Å². The van der Waals surface area contributed by atoms with Crippen molar-refractivity contribution < 1.29 is 9.53 Å². The van der Waals surface area contributed by atoms with Crippen molar-refractivity contribution in [3.63, 3.8) is 0 Å². The molecular formula is C18H14Cl2N2O2. The van der Waals surface area contributed by atoms with E-state index in [4.69, 9.17) is 27.9 Å². The standard InChI is InChI=1S/C18H14Cl2N2O2/c1-24-14-5-4-12-8-11(2-3-13(12)9-14)10-21-18(23)17-15(19)6-7-16(20)22-17/h2-9H,10H2,1H3,(H,21,23). The Labute approximate surface area is 149 Å². The maximum atomic E-state index is 12.2. The van der Waals surface area contributed by atoms with Crippen LogP contribution in [0.15, 0.2) is 48.5 Å². The normalized spacial score (nSPS) is 10.6. The van der Waals surface area contributed by atoms with Crippen LogP contribution in [0.3, 0.4) is 0 Å². The van der Waals surface area contributed by atoms with Crippen molar-refractivity contribution in [1.82, 2.24) is 10.3 Å². The number of pyridine rings is 1. The molecule has 2 aromatic carbocycles. The van der Waals surface area contributed by atoms with E-state index in [9.17, 15) is 4.79 Å². The summed E-state index contributed by atoms with van der Waals surface area (Å²) in [5, 5.41) is 5.44. The van der Waals surface area contributed by atoms with Crippen LogP contribution in [0, 0.1) is 0 Å². The fraction of sp³-hybridized carbons (Fsp3) is 0.111. The third-order valence-corrected chi connectivity index (χ3v) is 4.11. The van der Waals surface area contributed by atoms with E-state index in [0.29, 0.717) is 6.54 Å². The van der Waals surface area contributed by atoms with Gasteiger partial charge in [0.25, 0.3) is 5.91 Å². The number of rotatable bonds is 4. The van der Waals surface area contributed by atoms with Crippen LogP contribution < -0.4 is 10.1 Å². The molecule has 1 N–H and O–H groups in total. The molecule has 3 rings (SSSR count). The number of halogens is 2. The summed E-state index contributed by atoms with van der Waals surface area (Å²) >= 11 is 11.8. The van der Waals surface area contributed by atoms with Gasteiger partial charge in [-0.15, -0.1) is 0 Å². The Morgan fingerprint density at radius 3 is 2.62 bits per heavy atom. The molecule has 0 fully saturated rings. The average Bonchev–Trinajstić information content (AvgIpc) is 2.61. The van der Waals surface area contributed by atoms with Gasteiger partial charge in [-0.3, -0.25) is 4.79 Å². The number of hydrogen-bond donors (Lipinski definition) is 1. The van der Waals surface area contributed by atoms with Gasteiger partial charge in [0.05, 0.1) is 12.1 Å². The number of benzene rings is 2. The lowest BCUT2D eigenvalue weighted by molar-refractivity contribution is 0.0946. The van der Waals surface area contributed by atoms with Crippen LogP contribution in [-0.4, -0.2) is 18.0 Å². The van der Waals surface area contributed by atoms with E-state index in [2.05, 4.69) is 10.3 Å². The number of carbonyl (C=O) groups is 1. The molecule has 1 amide bonds. The Balaban J connectivity index is 1.75. The quantitative estimate of drug-likeness (QED) is 0.697. The molecule has 0 unspecified atom stereocenters. The zero-order chi connectivity index (χ0) is 17.1. The number of nitrogens with one attached hydrogen (secondary N) is 1. The first-order valence-electron chi connectivity index (χ1n) is 7.24. The molecular weight excluding hydrogens is 347 g/mol. The number of hydrogen-bond acceptors (Lipinski definition) is 3. The number of carbonyl (C=O) groups excluding carboxylic acids is 1. The van der Waals surface area contributed by atoms with E-state index in [0.717, 1.165) is 22.1 Å². The average molecular weight is 361 g/mol. The molecule has 0 aliphatic rings. The van der Waals surface area contributed by atoms with Crippen LogP contribution in [0.1, 0.15) is 16.1 Å². The van der Waals surface area contributed by atoms with Crippen molar-refractivity contribution in [2.24, 2.45) is 0 Å². The number of methoxy groups -OCH3 is 1. The number of amides is 1. The Kier molecular flexibility index (Phi) is 4.88. The molecule has 0 aliphatic heterocycles. The maximum absolute atomic E-state index is 12.2. The minimum absolute atomic E-state index is 0.120. The zero-order valence-corrected chi connectivity index (χ0v) is 14.4. The molecule has 122 valence electrons. The number of fused-ring (bicyclic) bond motifs is 1. The summed E-state index contributed by atoms with van der Waals surface area (Å²) in [5.41, 5.74) is 1.09. The number of aromatic nitrogens is 1. The summed E-state index contributed by atoms with van der Waals surface area (Å²) in [6.07, 6.45) is 0. The molecule has 24 heavy (non-hydrogen) atoms. The van der Waals surface area contributed by atoms with Crippen molar-refractivity contribution in [1.29, 1.82) is 0 Å². The van der Waals surface area contributed by atoms with Gasteiger partial charge in [0.1, 0.15) is 16.6 Å². The van der Waals surface area contributed by atoms with Crippen LogP contribution >= 0.6 is 23.2 Å². The van der Waals surface area contributed by atoms with Crippen LogP contribution in [0.5, 0.6) is 5.75 Å². The van der Waals surface area contributed by atoms with Gasteiger partial charge in [0, 0.05) is 6.54 Å². The molecule has 3 aromatic rings. The van der Waals surface area contributed by atoms with Crippen molar-refractivity contribution >= 4 is 39.9 Å². The number of ether oxygens (including phenoxy) is 1. The zero-order valence-electron chi connectivity index (χ0n) is 12.8. The first-order chi connectivity index (χ1) is 11.6. The second-order valence-corrected chi connectivity index (χ2v) is 5.99. The minimum atomic E-state index is -0.364. The third-order valence-electron chi connectivity index (χ3n) is 3.59.